The van der Waals surface area contributed by atoms with Crippen LogP contribution in [-0.4, -0.2) is 20.1 Å². The third-order valence-electron chi connectivity index (χ3n) is 3.55. The molecular weight excluding hydrogens is 309 g/mol. The van der Waals surface area contributed by atoms with E-state index < -0.39 is 0 Å². The number of halogens is 1. The summed E-state index contributed by atoms with van der Waals surface area (Å²) in [4.78, 5) is 12.6. The predicted octanol–water partition coefficient (Wildman–Crippen LogP) is 4.44. The Bertz CT molecular complexity index is 784. The third-order valence-corrected chi connectivity index (χ3v) is 3.55. The van der Waals surface area contributed by atoms with Gasteiger partial charge in [0.05, 0.1) is 14.2 Å². The monoisotopic (exact) mass is 329 g/mol. The van der Waals surface area contributed by atoms with Crippen molar-refractivity contribution in [3.63, 3.8) is 0 Å². The number of nitrogens with one attached hydrogen (secondary N) is 1. The zero-order valence-electron chi connectivity index (χ0n) is 14.1. The van der Waals surface area contributed by atoms with E-state index in [0.29, 0.717) is 28.3 Å². The zero-order valence-corrected chi connectivity index (χ0v) is 14.1. The number of hydrogen-bond donors (Lipinski definition) is 1. The van der Waals surface area contributed by atoms with E-state index in [0.717, 1.165) is 5.56 Å². The summed E-state index contributed by atoms with van der Waals surface area (Å²) in [7, 11) is 3.07. The van der Waals surface area contributed by atoms with Gasteiger partial charge in [0.1, 0.15) is 5.82 Å². The summed E-state index contributed by atoms with van der Waals surface area (Å²) in [5.74, 6) is 0.377. The first kappa shape index (κ1) is 17.5. The highest BCUT2D eigenvalue weighted by molar-refractivity contribution is 6.05. The van der Waals surface area contributed by atoms with E-state index in [-0.39, 0.29) is 11.7 Å². The Morgan fingerprint density at radius 2 is 1.92 bits per heavy atom. The van der Waals surface area contributed by atoms with Gasteiger partial charge in [-0.1, -0.05) is 12.2 Å². The highest BCUT2D eigenvalue weighted by Crippen LogP contribution is 2.34. The van der Waals surface area contributed by atoms with E-state index in [1.54, 1.807) is 26.2 Å². The molecule has 0 aromatic heterocycles. The van der Waals surface area contributed by atoms with Crippen molar-refractivity contribution < 1.29 is 18.7 Å². The summed E-state index contributed by atoms with van der Waals surface area (Å²) in [5, 5.41) is 2.79. The van der Waals surface area contributed by atoms with Crippen LogP contribution in [0.1, 0.15) is 28.4 Å². The minimum Gasteiger partial charge on any atom is -0.493 e. The Hall–Kier alpha value is -2.82. The number of carbonyl (C=O) groups excluding carboxylic acids is 1. The van der Waals surface area contributed by atoms with E-state index in [1.165, 1.54) is 25.3 Å². The van der Waals surface area contributed by atoms with Crippen LogP contribution < -0.4 is 14.8 Å². The maximum Gasteiger partial charge on any atom is 0.255 e. The van der Waals surface area contributed by atoms with Gasteiger partial charge in [0, 0.05) is 16.8 Å². The second kappa shape index (κ2) is 7.64. The SMILES string of the molecule is C/C=C/c1cc(C(=O)Nc2ccc(F)cc2C)cc(OC)c1OC. The third kappa shape index (κ3) is 3.74. The van der Waals surface area contributed by atoms with Crippen LogP contribution in [0.2, 0.25) is 0 Å². The standard InChI is InChI=1S/C19H20FNO3/c1-5-6-13-10-14(11-17(23-3)18(13)24-4)19(22)21-16-8-7-15(20)9-12(16)2/h5-11H,1-4H3,(H,21,22)/b6-5+. The smallest absolute Gasteiger partial charge is 0.255 e. The van der Waals surface area contributed by atoms with Crippen molar-refractivity contribution in [2.75, 3.05) is 19.5 Å². The molecule has 0 radical (unpaired) electrons. The number of aryl methyl sites for hydroxylation is 1. The first-order chi connectivity index (χ1) is 11.5. The molecule has 0 spiro atoms. The lowest BCUT2D eigenvalue weighted by molar-refractivity contribution is 0.102. The molecule has 0 aliphatic carbocycles. The summed E-state index contributed by atoms with van der Waals surface area (Å²) in [6.45, 7) is 3.61. The Labute approximate surface area is 140 Å². The molecule has 24 heavy (non-hydrogen) atoms. The first-order valence-corrected chi connectivity index (χ1v) is 7.46. The molecule has 2 aromatic rings. The largest absolute Gasteiger partial charge is 0.493 e. The van der Waals surface area contributed by atoms with Crippen molar-refractivity contribution in [2.24, 2.45) is 0 Å². The predicted molar refractivity (Wildman–Crippen MR) is 93.3 cm³/mol. The molecule has 1 amide bonds. The number of benzene rings is 2. The quantitative estimate of drug-likeness (QED) is 0.882. The first-order valence-electron chi connectivity index (χ1n) is 7.46. The van der Waals surface area contributed by atoms with Crippen molar-refractivity contribution in [1.82, 2.24) is 0 Å². The number of ether oxygens (including phenoxy) is 2. The van der Waals surface area contributed by atoms with Gasteiger partial charge < -0.3 is 14.8 Å². The second-order valence-corrected chi connectivity index (χ2v) is 5.21. The van der Waals surface area contributed by atoms with Gasteiger partial charge in [0.15, 0.2) is 11.5 Å². The van der Waals surface area contributed by atoms with Gasteiger partial charge in [0.2, 0.25) is 0 Å². The van der Waals surface area contributed by atoms with E-state index in [4.69, 9.17) is 9.47 Å². The van der Waals surface area contributed by atoms with Crippen molar-refractivity contribution in [3.8, 4) is 11.5 Å². The van der Waals surface area contributed by atoms with E-state index in [9.17, 15) is 9.18 Å². The molecule has 0 fully saturated rings. The number of allylic oxidation sites excluding steroid dienone is 1. The van der Waals surface area contributed by atoms with E-state index in [1.807, 2.05) is 19.1 Å². The molecule has 0 atom stereocenters. The molecule has 0 saturated carbocycles. The fourth-order valence-corrected chi connectivity index (χ4v) is 2.39. The molecule has 5 heteroatoms. The molecule has 4 nitrogen and oxygen atoms in total. The molecule has 0 aliphatic rings. The molecule has 1 N–H and O–H groups in total. The van der Waals surface area contributed by atoms with Crippen LogP contribution in [0.3, 0.4) is 0 Å². The van der Waals surface area contributed by atoms with Crippen molar-refractivity contribution >= 4 is 17.7 Å². The van der Waals surface area contributed by atoms with Crippen molar-refractivity contribution in [1.29, 1.82) is 0 Å². The average molecular weight is 329 g/mol. The fourth-order valence-electron chi connectivity index (χ4n) is 2.39. The van der Waals surface area contributed by atoms with Gasteiger partial charge in [0.25, 0.3) is 5.91 Å². The maximum absolute atomic E-state index is 13.2. The van der Waals surface area contributed by atoms with Crippen LogP contribution in [-0.2, 0) is 0 Å². The second-order valence-electron chi connectivity index (χ2n) is 5.21. The summed E-state index contributed by atoms with van der Waals surface area (Å²) in [6, 6.07) is 7.55. The van der Waals surface area contributed by atoms with Gasteiger partial charge in [-0.25, -0.2) is 4.39 Å². The van der Waals surface area contributed by atoms with Crippen LogP contribution in [0.4, 0.5) is 10.1 Å². The molecule has 0 aliphatic heterocycles. The van der Waals surface area contributed by atoms with Crippen LogP contribution in [0.15, 0.2) is 36.4 Å². The molecule has 0 unspecified atom stereocenters. The number of amides is 1. The van der Waals surface area contributed by atoms with Crippen molar-refractivity contribution in [2.45, 2.75) is 13.8 Å². The summed E-state index contributed by atoms with van der Waals surface area (Å²) in [6.07, 6.45) is 3.68. The molecule has 2 aromatic carbocycles. The van der Waals surface area contributed by atoms with Gasteiger partial charge in [-0.15, -0.1) is 0 Å². The molecular formula is C19H20FNO3. The molecule has 0 saturated heterocycles. The Kier molecular flexibility index (Phi) is 5.58. The minimum atomic E-state index is -0.341. The highest BCUT2D eigenvalue weighted by atomic mass is 19.1. The van der Waals surface area contributed by atoms with E-state index in [2.05, 4.69) is 5.32 Å². The Morgan fingerprint density at radius 3 is 2.50 bits per heavy atom. The summed E-state index contributed by atoms with van der Waals surface area (Å²) in [5.41, 5.74) is 2.37. The summed E-state index contributed by atoms with van der Waals surface area (Å²) >= 11 is 0. The highest BCUT2D eigenvalue weighted by Gasteiger charge is 2.15. The fraction of sp³-hybridized carbons (Fsp3) is 0.211. The lowest BCUT2D eigenvalue weighted by Crippen LogP contribution is -2.13. The minimum absolute atomic E-state index is 0.309. The van der Waals surface area contributed by atoms with Gasteiger partial charge in [-0.05, 0) is 49.7 Å². The number of rotatable bonds is 5. The van der Waals surface area contributed by atoms with Gasteiger partial charge in [-0.2, -0.15) is 0 Å². The number of anilines is 1. The van der Waals surface area contributed by atoms with Gasteiger partial charge in [-0.3, -0.25) is 4.79 Å². The summed E-state index contributed by atoms with van der Waals surface area (Å²) < 4.78 is 23.8. The van der Waals surface area contributed by atoms with Crippen LogP contribution in [0, 0.1) is 12.7 Å². The lowest BCUT2D eigenvalue weighted by atomic mass is 10.1. The lowest BCUT2D eigenvalue weighted by Gasteiger charge is -2.14. The average Bonchev–Trinajstić information content (AvgIpc) is 2.56. The Balaban J connectivity index is 2.40. The van der Waals surface area contributed by atoms with Crippen LogP contribution >= 0.6 is 0 Å². The molecule has 2 rings (SSSR count). The normalized spacial score (nSPS) is 10.7. The van der Waals surface area contributed by atoms with E-state index >= 15 is 0 Å². The van der Waals surface area contributed by atoms with Crippen LogP contribution in [0.5, 0.6) is 11.5 Å². The number of hydrogen-bond acceptors (Lipinski definition) is 3. The molecule has 0 heterocycles. The topological polar surface area (TPSA) is 47.6 Å². The van der Waals surface area contributed by atoms with Crippen molar-refractivity contribution in [3.05, 3.63) is 58.9 Å². The number of carbonyl (C=O) groups is 1. The molecule has 0 bridgehead atoms. The molecule has 126 valence electrons. The maximum atomic E-state index is 13.2. The van der Waals surface area contributed by atoms with Gasteiger partial charge >= 0.3 is 0 Å². The Morgan fingerprint density at radius 1 is 1.17 bits per heavy atom. The van der Waals surface area contributed by atoms with Crippen LogP contribution in [0.25, 0.3) is 6.08 Å². The number of methoxy groups -OCH3 is 2. The zero-order chi connectivity index (χ0) is 17.7.